The third kappa shape index (κ3) is 4.08. The zero-order chi connectivity index (χ0) is 14.8. The largest absolute Gasteiger partial charge is 0.314 e. The van der Waals surface area contributed by atoms with Gasteiger partial charge in [0.25, 0.3) is 0 Å². The van der Waals surface area contributed by atoms with Gasteiger partial charge in [-0.1, -0.05) is 30.1 Å². The summed E-state index contributed by atoms with van der Waals surface area (Å²) in [7, 11) is -3.58. The average Bonchev–Trinajstić information content (AvgIpc) is 2.72. The summed E-state index contributed by atoms with van der Waals surface area (Å²) >= 11 is 12.8. The predicted octanol–water partition coefficient (Wildman–Crippen LogP) is 3.25. The van der Waals surface area contributed by atoms with Gasteiger partial charge in [0.2, 0.25) is 10.0 Å². The fraction of sp³-hybridized carbons (Fsp3) is 0.667. The van der Waals surface area contributed by atoms with Crippen LogP contribution >= 0.6 is 34.5 Å². The molecule has 0 aromatic carbocycles. The van der Waals surface area contributed by atoms with E-state index in [1.54, 1.807) is 0 Å². The second-order valence-corrected chi connectivity index (χ2v) is 8.88. The summed E-state index contributed by atoms with van der Waals surface area (Å²) in [6, 6.07) is 1.88. The van der Waals surface area contributed by atoms with Crippen molar-refractivity contribution in [2.45, 2.75) is 49.6 Å². The number of hydrogen-bond donors (Lipinski definition) is 2. The van der Waals surface area contributed by atoms with Gasteiger partial charge in [-0.15, -0.1) is 11.3 Å². The summed E-state index contributed by atoms with van der Waals surface area (Å²) in [6.45, 7) is 3.03. The first-order valence-electron chi connectivity index (χ1n) is 6.63. The summed E-state index contributed by atoms with van der Waals surface area (Å²) in [6.07, 6.45) is 3.65. The van der Waals surface area contributed by atoms with E-state index in [0.717, 1.165) is 43.6 Å². The van der Waals surface area contributed by atoms with E-state index in [9.17, 15) is 8.42 Å². The molecular weight excluding hydrogens is 339 g/mol. The van der Waals surface area contributed by atoms with Crippen molar-refractivity contribution in [2.75, 3.05) is 6.54 Å². The highest BCUT2D eigenvalue weighted by Gasteiger charge is 2.27. The van der Waals surface area contributed by atoms with Crippen LogP contribution in [-0.4, -0.2) is 27.0 Å². The molecule has 0 amide bonds. The molecular formula is C12H18Cl2N2O2S2. The first-order chi connectivity index (χ1) is 9.42. The normalized spacial score (nSPS) is 23.9. The molecule has 0 atom stereocenters. The van der Waals surface area contributed by atoms with Gasteiger partial charge in [-0.3, -0.25) is 0 Å². The molecule has 8 heteroatoms. The Labute approximate surface area is 133 Å². The summed E-state index contributed by atoms with van der Waals surface area (Å²) < 4.78 is 27.9. The number of thiophene rings is 1. The van der Waals surface area contributed by atoms with Gasteiger partial charge < -0.3 is 5.32 Å². The molecule has 4 nitrogen and oxygen atoms in total. The van der Waals surface area contributed by atoms with Gasteiger partial charge in [0.1, 0.15) is 9.23 Å². The lowest BCUT2D eigenvalue weighted by Crippen LogP contribution is -2.42. The van der Waals surface area contributed by atoms with Crippen molar-refractivity contribution in [3.8, 4) is 0 Å². The van der Waals surface area contributed by atoms with Crippen LogP contribution in [0.15, 0.2) is 11.0 Å². The van der Waals surface area contributed by atoms with E-state index < -0.39 is 10.0 Å². The Kier molecular flexibility index (Phi) is 5.73. The number of sulfonamides is 1. The number of nitrogens with one attached hydrogen (secondary N) is 2. The summed E-state index contributed by atoms with van der Waals surface area (Å²) in [5.74, 6) is 0. The van der Waals surface area contributed by atoms with E-state index in [-0.39, 0.29) is 15.3 Å². The highest BCUT2D eigenvalue weighted by molar-refractivity contribution is 7.89. The number of rotatable bonds is 5. The third-order valence-electron chi connectivity index (χ3n) is 3.46. The van der Waals surface area contributed by atoms with E-state index in [1.807, 2.05) is 0 Å². The van der Waals surface area contributed by atoms with Crippen LogP contribution < -0.4 is 10.0 Å². The van der Waals surface area contributed by atoms with Crippen LogP contribution in [-0.2, 0) is 10.0 Å². The third-order valence-corrected chi connectivity index (χ3v) is 6.73. The molecule has 20 heavy (non-hydrogen) atoms. The van der Waals surface area contributed by atoms with Crippen LogP contribution in [0.2, 0.25) is 8.67 Å². The zero-order valence-electron chi connectivity index (χ0n) is 11.2. The monoisotopic (exact) mass is 356 g/mol. The Morgan fingerprint density at radius 1 is 1.25 bits per heavy atom. The first kappa shape index (κ1) is 16.5. The van der Waals surface area contributed by atoms with Crippen LogP contribution in [0.1, 0.15) is 32.6 Å². The van der Waals surface area contributed by atoms with Gasteiger partial charge in [0.05, 0.1) is 4.34 Å². The summed E-state index contributed by atoms with van der Waals surface area (Å²) in [5, 5.41) is 3.40. The topological polar surface area (TPSA) is 58.2 Å². The zero-order valence-corrected chi connectivity index (χ0v) is 14.3. The fourth-order valence-corrected chi connectivity index (χ4v) is 5.95. The molecule has 1 fully saturated rings. The van der Waals surface area contributed by atoms with E-state index in [2.05, 4.69) is 17.0 Å². The standard InChI is InChI=1S/C12H18Cl2N2O2S2/c1-2-15-8-3-5-9(6-4-8)16-20(17,18)10-7-11(13)19-12(10)14/h7-9,15-16H,2-6H2,1H3. The maximum absolute atomic E-state index is 12.3. The van der Waals surface area contributed by atoms with Gasteiger partial charge in [0, 0.05) is 12.1 Å². The second kappa shape index (κ2) is 6.94. The molecule has 1 aromatic rings. The highest BCUT2D eigenvalue weighted by Crippen LogP contribution is 2.34. The Hall–Kier alpha value is 0.150. The average molecular weight is 357 g/mol. The molecule has 2 N–H and O–H groups in total. The minimum Gasteiger partial charge on any atom is -0.314 e. The molecule has 1 aromatic heterocycles. The van der Waals surface area contributed by atoms with Gasteiger partial charge >= 0.3 is 0 Å². The quantitative estimate of drug-likeness (QED) is 0.851. The van der Waals surface area contributed by atoms with Crippen molar-refractivity contribution < 1.29 is 8.42 Å². The van der Waals surface area contributed by atoms with Crippen LogP contribution in [0.5, 0.6) is 0 Å². The molecule has 0 bridgehead atoms. The summed E-state index contributed by atoms with van der Waals surface area (Å²) in [4.78, 5) is 0.0861. The highest BCUT2D eigenvalue weighted by atomic mass is 35.5. The number of hydrogen-bond acceptors (Lipinski definition) is 4. The van der Waals surface area contributed by atoms with Gasteiger partial charge in [-0.25, -0.2) is 13.1 Å². The molecule has 0 saturated heterocycles. The molecule has 1 heterocycles. The minimum atomic E-state index is -3.58. The van der Waals surface area contributed by atoms with Crippen LogP contribution in [0.25, 0.3) is 0 Å². The first-order valence-corrected chi connectivity index (χ1v) is 9.68. The van der Waals surface area contributed by atoms with Crippen LogP contribution in [0.3, 0.4) is 0 Å². The maximum Gasteiger partial charge on any atom is 0.243 e. The Morgan fingerprint density at radius 2 is 1.85 bits per heavy atom. The van der Waals surface area contributed by atoms with Crippen molar-refractivity contribution in [3.63, 3.8) is 0 Å². The molecule has 0 spiro atoms. The molecule has 0 aliphatic heterocycles. The maximum atomic E-state index is 12.3. The van der Waals surface area contributed by atoms with E-state index in [0.29, 0.717) is 10.4 Å². The van der Waals surface area contributed by atoms with Gasteiger partial charge in [-0.2, -0.15) is 0 Å². The molecule has 0 radical (unpaired) electrons. The van der Waals surface area contributed by atoms with Crippen molar-refractivity contribution in [1.82, 2.24) is 10.0 Å². The minimum absolute atomic E-state index is 0.0235. The lowest BCUT2D eigenvalue weighted by Gasteiger charge is -2.29. The van der Waals surface area contributed by atoms with E-state index in [4.69, 9.17) is 23.2 Å². The molecule has 2 rings (SSSR count). The Balaban J connectivity index is 1.98. The molecule has 1 saturated carbocycles. The molecule has 1 aliphatic carbocycles. The second-order valence-electron chi connectivity index (χ2n) is 4.92. The fourth-order valence-electron chi connectivity index (χ4n) is 2.50. The number of halogens is 2. The molecule has 1 aliphatic rings. The molecule has 0 unspecified atom stereocenters. The Bertz CT molecular complexity index is 552. The van der Waals surface area contributed by atoms with Gasteiger partial charge in [-0.05, 0) is 38.3 Å². The van der Waals surface area contributed by atoms with Crippen molar-refractivity contribution >= 4 is 44.6 Å². The van der Waals surface area contributed by atoms with Gasteiger partial charge in [0.15, 0.2) is 0 Å². The van der Waals surface area contributed by atoms with E-state index >= 15 is 0 Å². The SMILES string of the molecule is CCNC1CCC(NS(=O)(=O)c2cc(Cl)sc2Cl)CC1. The molecule has 114 valence electrons. The van der Waals surface area contributed by atoms with Crippen LogP contribution in [0.4, 0.5) is 0 Å². The lowest BCUT2D eigenvalue weighted by atomic mass is 9.92. The van der Waals surface area contributed by atoms with Crippen molar-refractivity contribution in [1.29, 1.82) is 0 Å². The van der Waals surface area contributed by atoms with Crippen LogP contribution in [0, 0.1) is 0 Å². The lowest BCUT2D eigenvalue weighted by molar-refractivity contribution is 0.333. The van der Waals surface area contributed by atoms with Crippen molar-refractivity contribution in [2.24, 2.45) is 0 Å². The Morgan fingerprint density at radius 3 is 2.35 bits per heavy atom. The predicted molar refractivity (Wildman–Crippen MR) is 84.4 cm³/mol. The van der Waals surface area contributed by atoms with E-state index in [1.165, 1.54) is 6.07 Å². The summed E-state index contributed by atoms with van der Waals surface area (Å²) in [5.41, 5.74) is 0. The smallest absolute Gasteiger partial charge is 0.243 e. The van der Waals surface area contributed by atoms with Crippen molar-refractivity contribution in [3.05, 3.63) is 14.7 Å².